The summed E-state index contributed by atoms with van der Waals surface area (Å²) in [7, 11) is -3.92. The quantitative estimate of drug-likeness (QED) is 0.387. The lowest BCUT2D eigenvalue weighted by molar-refractivity contribution is -0.113. The van der Waals surface area contributed by atoms with Gasteiger partial charge in [0.2, 0.25) is 11.7 Å². The minimum atomic E-state index is -3.92. The second-order valence-corrected chi connectivity index (χ2v) is 9.52. The van der Waals surface area contributed by atoms with Crippen molar-refractivity contribution in [2.24, 2.45) is 11.7 Å². The van der Waals surface area contributed by atoms with Crippen molar-refractivity contribution in [1.82, 2.24) is 10.1 Å². The van der Waals surface area contributed by atoms with Crippen molar-refractivity contribution in [3.8, 4) is 11.4 Å². The topological polar surface area (TPSA) is 140 Å². The Kier molecular flexibility index (Phi) is 7.79. The minimum absolute atomic E-state index is 0.0157. The number of alkyl halides is 1. The molecule has 0 aliphatic heterocycles. The summed E-state index contributed by atoms with van der Waals surface area (Å²) in [6.45, 7) is 4.53. The molecule has 180 valence electrons. The summed E-state index contributed by atoms with van der Waals surface area (Å²) >= 11 is 0. The Morgan fingerprint density at radius 2 is 1.85 bits per heavy atom. The van der Waals surface area contributed by atoms with Crippen molar-refractivity contribution >= 4 is 27.3 Å². The molecule has 1 aromatic heterocycles. The summed E-state index contributed by atoms with van der Waals surface area (Å²) in [6.07, 6.45) is 1.37. The van der Waals surface area contributed by atoms with Crippen LogP contribution < -0.4 is 15.8 Å². The lowest BCUT2D eigenvalue weighted by atomic mass is 10.1. The summed E-state index contributed by atoms with van der Waals surface area (Å²) in [6, 6.07) is 11.7. The highest BCUT2D eigenvalue weighted by molar-refractivity contribution is 7.92. The molecule has 34 heavy (non-hydrogen) atoms. The summed E-state index contributed by atoms with van der Waals surface area (Å²) in [5.74, 6) is 0.135. The number of amides is 1. The maximum atomic E-state index is 12.9. The number of carbonyl (C=O) groups is 1. The van der Waals surface area contributed by atoms with Crippen LogP contribution in [-0.2, 0) is 14.8 Å². The van der Waals surface area contributed by atoms with Gasteiger partial charge in [-0.05, 0) is 55.3 Å². The number of allylic oxidation sites excluding steroid dienone is 1. The molecule has 0 aliphatic carbocycles. The third-order valence-electron chi connectivity index (χ3n) is 5.02. The SMILES string of the molecule is C/C=C(/CF)C(=O)Nc1cccc(NS(=O)(=O)c2ccc(-c3noc([C@@H](N)C(C)C)n3)cc2)c1. The van der Waals surface area contributed by atoms with Gasteiger partial charge in [-0.1, -0.05) is 31.1 Å². The van der Waals surface area contributed by atoms with Gasteiger partial charge in [-0.3, -0.25) is 9.52 Å². The van der Waals surface area contributed by atoms with E-state index in [2.05, 4.69) is 20.2 Å². The van der Waals surface area contributed by atoms with Crippen molar-refractivity contribution in [2.45, 2.75) is 31.7 Å². The van der Waals surface area contributed by atoms with Crippen molar-refractivity contribution in [3.63, 3.8) is 0 Å². The number of benzene rings is 2. The maximum absolute atomic E-state index is 12.9. The van der Waals surface area contributed by atoms with E-state index in [1.807, 2.05) is 13.8 Å². The first-order valence-electron chi connectivity index (χ1n) is 10.5. The number of halogens is 1. The highest BCUT2D eigenvalue weighted by Crippen LogP contribution is 2.24. The van der Waals surface area contributed by atoms with Gasteiger partial charge in [0.25, 0.3) is 15.9 Å². The molecule has 0 spiro atoms. The fourth-order valence-corrected chi connectivity index (χ4v) is 3.96. The summed E-state index contributed by atoms with van der Waals surface area (Å²) in [4.78, 5) is 16.3. The molecule has 0 fully saturated rings. The molecule has 0 bridgehead atoms. The first-order valence-corrected chi connectivity index (χ1v) is 12.0. The van der Waals surface area contributed by atoms with E-state index in [1.165, 1.54) is 30.3 Å². The van der Waals surface area contributed by atoms with Gasteiger partial charge < -0.3 is 15.6 Å². The van der Waals surface area contributed by atoms with Crippen LogP contribution in [0, 0.1) is 5.92 Å². The number of aromatic nitrogens is 2. The molecular formula is C23H26FN5O4S. The number of hydrogen-bond donors (Lipinski definition) is 3. The number of sulfonamides is 1. The Bertz CT molecular complexity index is 1290. The number of anilines is 2. The van der Waals surface area contributed by atoms with Crippen LogP contribution in [0.4, 0.5) is 15.8 Å². The molecule has 0 saturated carbocycles. The van der Waals surface area contributed by atoms with E-state index in [0.29, 0.717) is 23.0 Å². The van der Waals surface area contributed by atoms with Gasteiger partial charge in [0.1, 0.15) is 6.67 Å². The Balaban J connectivity index is 1.74. The number of nitrogens with zero attached hydrogens (tertiary/aromatic N) is 2. The van der Waals surface area contributed by atoms with Crippen LogP contribution in [0.5, 0.6) is 0 Å². The summed E-state index contributed by atoms with van der Waals surface area (Å²) < 4.78 is 46.2. The number of hydrogen-bond acceptors (Lipinski definition) is 7. The maximum Gasteiger partial charge on any atom is 0.261 e. The first kappa shape index (κ1) is 25.1. The Labute approximate surface area is 197 Å². The van der Waals surface area contributed by atoms with Crippen LogP contribution >= 0.6 is 0 Å². The number of nitrogens with two attached hydrogens (primary N) is 1. The molecular weight excluding hydrogens is 461 g/mol. The van der Waals surface area contributed by atoms with E-state index in [9.17, 15) is 17.6 Å². The van der Waals surface area contributed by atoms with E-state index in [-0.39, 0.29) is 22.1 Å². The molecule has 0 saturated heterocycles. The zero-order valence-electron chi connectivity index (χ0n) is 18.9. The molecule has 4 N–H and O–H groups in total. The predicted molar refractivity (Wildman–Crippen MR) is 127 cm³/mol. The van der Waals surface area contributed by atoms with E-state index in [1.54, 1.807) is 31.2 Å². The summed E-state index contributed by atoms with van der Waals surface area (Å²) in [5.41, 5.74) is 7.12. The zero-order chi connectivity index (χ0) is 24.9. The monoisotopic (exact) mass is 487 g/mol. The predicted octanol–water partition coefficient (Wildman–Crippen LogP) is 4.05. The van der Waals surface area contributed by atoms with Gasteiger partial charge in [0.05, 0.1) is 16.6 Å². The molecule has 1 heterocycles. The molecule has 0 unspecified atom stereocenters. The highest BCUT2D eigenvalue weighted by atomic mass is 32.2. The lowest BCUT2D eigenvalue weighted by Crippen LogP contribution is -2.16. The first-order chi connectivity index (χ1) is 16.1. The van der Waals surface area contributed by atoms with Gasteiger partial charge >= 0.3 is 0 Å². The standard InChI is InChI=1S/C23H26FN5O4S/c1-4-15(13-24)22(30)26-17-6-5-7-18(12-17)29-34(31,32)19-10-8-16(9-11-19)21-27-23(33-28-21)20(25)14(2)3/h4-12,14,20,29H,13,25H2,1-3H3,(H,26,30)/b15-4-/t20-/m0/s1. The smallest absolute Gasteiger partial charge is 0.261 e. The normalized spacial score (nSPS) is 13.1. The van der Waals surface area contributed by atoms with E-state index in [0.717, 1.165) is 0 Å². The van der Waals surface area contributed by atoms with Crippen LogP contribution in [0.3, 0.4) is 0 Å². The lowest BCUT2D eigenvalue weighted by Gasteiger charge is -2.11. The van der Waals surface area contributed by atoms with Crippen molar-refractivity contribution < 1.29 is 22.1 Å². The van der Waals surface area contributed by atoms with E-state index in [4.69, 9.17) is 10.3 Å². The number of rotatable bonds is 9. The molecule has 11 heteroatoms. The molecule has 0 radical (unpaired) electrons. The number of nitrogens with one attached hydrogen (secondary N) is 2. The highest BCUT2D eigenvalue weighted by Gasteiger charge is 2.20. The second kappa shape index (κ2) is 10.6. The molecule has 3 rings (SSSR count). The Morgan fingerprint density at radius 3 is 2.47 bits per heavy atom. The Morgan fingerprint density at radius 1 is 1.18 bits per heavy atom. The molecule has 0 aliphatic rings. The van der Waals surface area contributed by atoms with E-state index < -0.39 is 28.6 Å². The Hall–Kier alpha value is -3.57. The largest absolute Gasteiger partial charge is 0.337 e. The van der Waals surface area contributed by atoms with E-state index >= 15 is 0 Å². The second-order valence-electron chi connectivity index (χ2n) is 7.84. The summed E-state index contributed by atoms with van der Waals surface area (Å²) in [5, 5.41) is 6.45. The van der Waals surface area contributed by atoms with Gasteiger partial charge in [0.15, 0.2) is 0 Å². The molecule has 2 aromatic carbocycles. The molecule has 9 nitrogen and oxygen atoms in total. The van der Waals surface area contributed by atoms with Crippen LogP contribution in [0.2, 0.25) is 0 Å². The van der Waals surface area contributed by atoms with Crippen LogP contribution in [-0.4, -0.2) is 31.1 Å². The molecule has 3 aromatic rings. The minimum Gasteiger partial charge on any atom is -0.337 e. The van der Waals surface area contributed by atoms with Gasteiger partial charge in [0, 0.05) is 16.8 Å². The average Bonchev–Trinajstić information content (AvgIpc) is 3.29. The fourth-order valence-electron chi connectivity index (χ4n) is 2.91. The average molecular weight is 488 g/mol. The van der Waals surface area contributed by atoms with Crippen molar-refractivity contribution in [2.75, 3.05) is 16.7 Å². The van der Waals surface area contributed by atoms with Crippen molar-refractivity contribution in [1.29, 1.82) is 0 Å². The van der Waals surface area contributed by atoms with Crippen LogP contribution in [0.15, 0.2) is 69.6 Å². The molecule has 1 atom stereocenters. The van der Waals surface area contributed by atoms with Gasteiger partial charge in [-0.25, -0.2) is 12.8 Å². The van der Waals surface area contributed by atoms with Crippen molar-refractivity contribution in [3.05, 3.63) is 66.1 Å². The van der Waals surface area contributed by atoms with Gasteiger partial charge in [-0.15, -0.1) is 0 Å². The van der Waals surface area contributed by atoms with Gasteiger partial charge in [-0.2, -0.15) is 4.98 Å². The third kappa shape index (κ3) is 5.86. The third-order valence-corrected chi connectivity index (χ3v) is 6.42. The molecule has 1 amide bonds. The number of carbonyl (C=O) groups excluding carboxylic acids is 1. The fraction of sp³-hybridized carbons (Fsp3) is 0.261. The van der Waals surface area contributed by atoms with Crippen LogP contribution in [0.25, 0.3) is 11.4 Å². The zero-order valence-corrected chi connectivity index (χ0v) is 19.8. The van der Waals surface area contributed by atoms with Crippen LogP contribution in [0.1, 0.15) is 32.7 Å².